The first-order chi connectivity index (χ1) is 11.3. The monoisotopic (exact) mass is 351 g/mol. The third-order valence-electron chi connectivity index (χ3n) is 4.20. The molecular weight excluding hydrogens is 337 g/mol. The van der Waals surface area contributed by atoms with Crippen molar-refractivity contribution in [2.75, 3.05) is 6.54 Å². The van der Waals surface area contributed by atoms with Gasteiger partial charge in [-0.05, 0) is 36.8 Å². The molecule has 1 aliphatic rings. The van der Waals surface area contributed by atoms with Crippen molar-refractivity contribution in [1.82, 2.24) is 20.1 Å². The van der Waals surface area contributed by atoms with E-state index < -0.39 is 29.3 Å². The van der Waals surface area contributed by atoms with Crippen LogP contribution in [0.5, 0.6) is 0 Å². The Morgan fingerprint density at radius 1 is 1.58 bits per heavy atom. The lowest BCUT2D eigenvalue weighted by atomic mass is 9.76. The number of carbonyl (C=O) groups excluding carboxylic acids is 2. The number of halogens is 1. The van der Waals surface area contributed by atoms with Crippen LogP contribution in [0.2, 0.25) is 0 Å². The maximum Gasteiger partial charge on any atom is 0.407 e. The van der Waals surface area contributed by atoms with Gasteiger partial charge in [0.25, 0.3) is 0 Å². The standard InChI is InChI=1S/C14H14FN5O3S/c1-14(11(16)21,10-5-17-13(22)23-10)7-2-3-9(8(15)4-7)20-6-18-19-12(20)24/h2-4,6,10H,5H2,1H3,(H2,16,21)(H,17,22)(H,19,24). The van der Waals surface area contributed by atoms with Crippen molar-refractivity contribution in [3.8, 4) is 5.69 Å². The number of carbonyl (C=O) groups is 2. The normalized spacial score (nSPS) is 19.4. The van der Waals surface area contributed by atoms with Crippen LogP contribution in [0.4, 0.5) is 9.18 Å². The third kappa shape index (κ3) is 2.44. The fourth-order valence-electron chi connectivity index (χ4n) is 2.64. The van der Waals surface area contributed by atoms with Crippen molar-refractivity contribution in [3.63, 3.8) is 0 Å². The fourth-order valence-corrected chi connectivity index (χ4v) is 2.84. The lowest BCUT2D eigenvalue weighted by Crippen LogP contribution is -2.49. The molecule has 2 aromatic rings. The summed E-state index contributed by atoms with van der Waals surface area (Å²) in [5, 5.41) is 8.73. The van der Waals surface area contributed by atoms with Gasteiger partial charge in [-0.15, -0.1) is 0 Å². The smallest absolute Gasteiger partial charge is 0.407 e. The quantitative estimate of drug-likeness (QED) is 0.709. The number of hydrogen-bond donors (Lipinski definition) is 3. The van der Waals surface area contributed by atoms with Gasteiger partial charge in [0, 0.05) is 0 Å². The topological polar surface area (TPSA) is 115 Å². The number of amides is 2. The van der Waals surface area contributed by atoms with E-state index in [1.165, 1.54) is 30.0 Å². The van der Waals surface area contributed by atoms with Crippen molar-refractivity contribution in [2.45, 2.75) is 18.4 Å². The third-order valence-corrected chi connectivity index (χ3v) is 4.48. The first kappa shape index (κ1) is 16.1. The zero-order valence-electron chi connectivity index (χ0n) is 12.6. The van der Waals surface area contributed by atoms with E-state index in [0.717, 1.165) is 0 Å². The predicted octanol–water partition coefficient (Wildman–Crippen LogP) is 0.920. The van der Waals surface area contributed by atoms with Crippen molar-refractivity contribution in [3.05, 3.63) is 40.7 Å². The summed E-state index contributed by atoms with van der Waals surface area (Å²) < 4.78 is 21.2. The van der Waals surface area contributed by atoms with Crippen LogP contribution in [-0.4, -0.2) is 39.4 Å². The van der Waals surface area contributed by atoms with Crippen LogP contribution in [-0.2, 0) is 14.9 Å². The number of alkyl carbamates (subject to hydrolysis) is 1. The van der Waals surface area contributed by atoms with Crippen molar-refractivity contribution >= 4 is 24.2 Å². The number of aromatic nitrogens is 3. The summed E-state index contributed by atoms with van der Waals surface area (Å²) in [6.07, 6.45) is -0.130. The van der Waals surface area contributed by atoms with E-state index in [2.05, 4.69) is 15.5 Å². The number of rotatable bonds is 4. The van der Waals surface area contributed by atoms with Gasteiger partial charge in [0.1, 0.15) is 23.7 Å². The van der Waals surface area contributed by atoms with Gasteiger partial charge in [0.15, 0.2) is 4.77 Å². The van der Waals surface area contributed by atoms with Crippen LogP contribution in [0.1, 0.15) is 12.5 Å². The number of H-pyrrole nitrogens is 1. The van der Waals surface area contributed by atoms with E-state index in [1.54, 1.807) is 6.07 Å². The summed E-state index contributed by atoms with van der Waals surface area (Å²) in [6, 6.07) is 4.19. The number of hydrogen-bond acceptors (Lipinski definition) is 5. The first-order valence-corrected chi connectivity index (χ1v) is 7.41. The Kier molecular flexibility index (Phi) is 3.84. The Labute approximate surface area is 140 Å². The van der Waals surface area contributed by atoms with Crippen LogP contribution in [0.15, 0.2) is 24.5 Å². The Bertz CT molecular complexity index is 879. The molecule has 1 aromatic carbocycles. The number of nitrogens with two attached hydrogens (primary N) is 1. The summed E-state index contributed by atoms with van der Waals surface area (Å²) in [7, 11) is 0. The Hall–Kier alpha value is -2.75. The molecule has 1 saturated heterocycles. The van der Waals surface area contributed by atoms with E-state index in [-0.39, 0.29) is 17.0 Å². The molecule has 0 spiro atoms. The molecule has 2 heterocycles. The molecule has 4 N–H and O–H groups in total. The Morgan fingerprint density at radius 2 is 2.33 bits per heavy atom. The molecule has 0 saturated carbocycles. The second kappa shape index (κ2) is 5.71. The molecule has 10 heteroatoms. The van der Waals surface area contributed by atoms with Crippen molar-refractivity contribution in [1.29, 1.82) is 0 Å². The number of benzene rings is 1. The van der Waals surface area contributed by atoms with Crippen molar-refractivity contribution < 1.29 is 18.7 Å². The number of nitrogens with zero attached hydrogens (tertiary/aromatic N) is 2. The Balaban J connectivity index is 2.06. The van der Waals surface area contributed by atoms with Gasteiger partial charge >= 0.3 is 6.09 Å². The van der Waals surface area contributed by atoms with Gasteiger partial charge in [-0.25, -0.2) is 9.18 Å². The van der Waals surface area contributed by atoms with E-state index in [0.29, 0.717) is 5.56 Å². The molecule has 1 fully saturated rings. The summed E-state index contributed by atoms with van der Waals surface area (Å²) in [5.74, 6) is -1.34. The van der Waals surface area contributed by atoms with Gasteiger partial charge in [0.2, 0.25) is 5.91 Å². The number of cyclic esters (lactones) is 1. The molecule has 1 aromatic heterocycles. The summed E-state index contributed by atoms with van der Waals surface area (Å²) >= 11 is 5.01. The molecule has 8 nitrogen and oxygen atoms in total. The molecule has 126 valence electrons. The van der Waals surface area contributed by atoms with Gasteiger partial charge in [-0.2, -0.15) is 5.10 Å². The molecule has 1 aliphatic heterocycles. The number of nitrogens with one attached hydrogen (secondary N) is 2. The summed E-state index contributed by atoms with van der Waals surface area (Å²) in [5.41, 5.74) is 4.61. The van der Waals surface area contributed by atoms with Crippen LogP contribution < -0.4 is 11.1 Å². The van der Waals surface area contributed by atoms with Crippen LogP contribution in [0.3, 0.4) is 0 Å². The highest BCUT2D eigenvalue weighted by Gasteiger charge is 2.47. The molecule has 3 rings (SSSR count). The summed E-state index contributed by atoms with van der Waals surface area (Å²) in [4.78, 5) is 23.3. The molecular formula is C14H14FN5O3S. The van der Waals surface area contributed by atoms with Gasteiger partial charge < -0.3 is 15.8 Å². The zero-order chi connectivity index (χ0) is 17.5. The number of primary amides is 1. The zero-order valence-corrected chi connectivity index (χ0v) is 13.4. The number of ether oxygens (including phenoxy) is 1. The first-order valence-electron chi connectivity index (χ1n) is 7.01. The molecule has 2 amide bonds. The lowest BCUT2D eigenvalue weighted by molar-refractivity contribution is -0.126. The van der Waals surface area contributed by atoms with E-state index in [4.69, 9.17) is 22.7 Å². The largest absolute Gasteiger partial charge is 0.443 e. The highest BCUT2D eigenvalue weighted by atomic mass is 32.1. The maximum absolute atomic E-state index is 14.6. The van der Waals surface area contributed by atoms with Crippen LogP contribution >= 0.6 is 12.2 Å². The average Bonchev–Trinajstić information content (AvgIpc) is 3.15. The molecule has 0 radical (unpaired) electrons. The maximum atomic E-state index is 14.6. The van der Waals surface area contributed by atoms with E-state index in [9.17, 15) is 14.0 Å². The molecule has 2 unspecified atom stereocenters. The van der Waals surface area contributed by atoms with Crippen LogP contribution in [0, 0.1) is 10.6 Å². The molecule has 24 heavy (non-hydrogen) atoms. The second-order valence-corrected chi connectivity index (χ2v) is 5.93. The highest BCUT2D eigenvalue weighted by Crippen LogP contribution is 2.32. The Morgan fingerprint density at radius 3 is 2.83 bits per heavy atom. The highest BCUT2D eigenvalue weighted by molar-refractivity contribution is 7.71. The fraction of sp³-hybridized carbons (Fsp3) is 0.286. The lowest BCUT2D eigenvalue weighted by Gasteiger charge is -2.31. The van der Waals surface area contributed by atoms with Crippen LogP contribution in [0.25, 0.3) is 5.69 Å². The number of aromatic amines is 1. The van der Waals surface area contributed by atoms with Gasteiger partial charge in [0.05, 0.1) is 12.2 Å². The van der Waals surface area contributed by atoms with E-state index in [1.807, 2.05) is 0 Å². The predicted molar refractivity (Wildman–Crippen MR) is 83.5 cm³/mol. The average molecular weight is 351 g/mol. The molecule has 0 bridgehead atoms. The minimum Gasteiger partial charge on any atom is -0.443 e. The van der Waals surface area contributed by atoms with E-state index >= 15 is 0 Å². The second-order valence-electron chi connectivity index (χ2n) is 5.54. The SMILES string of the molecule is CC(C(N)=O)(c1ccc(-n2cn[nH]c2=S)c(F)c1)C1CNC(=O)O1. The van der Waals surface area contributed by atoms with Gasteiger partial charge in [-0.3, -0.25) is 14.5 Å². The summed E-state index contributed by atoms with van der Waals surface area (Å²) in [6.45, 7) is 1.62. The molecule has 0 aliphatic carbocycles. The minimum absolute atomic E-state index is 0.106. The molecule has 2 atom stereocenters. The van der Waals surface area contributed by atoms with Crippen molar-refractivity contribution in [2.24, 2.45) is 5.73 Å². The minimum atomic E-state index is -1.38. The van der Waals surface area contributed by atoms with Gasteiger partial charge in [-0.1, -0.05) is 6.07 Å².